The number of hydrogen-bond acceptors (Lipinski definition) is 4. The summed E-state index contributed by atoms with van der Waals surface area (Å²) in [6.07, 6.45) is 2.64. The maximum Gasteiger partial charge on any atom is 0.252 e. The Morgan fingerprint density at radius 3 is 2.67 bits per heavy atom. The highest BCUT2D eigenvalue weighted by Gasteiger charge is 2.17. The summed E-state index contributed by atoms with van der Waals surface area (Å²) in [6, 6.07) is 1.59. The first-order valence-electron chi connectivity index (χ1n) is 6.29. The maximum atomic E-state index is 11.4. The van der Waals surface area contributed by atoms with Crippen molar-refractivity contribution >= 4 is 17.4 Å². The van der Waals surface area contributed by atoms with E-state index in [1.165, 1.54) is 0 Å². The molecule has 5 nitrogen and oxygen atoms in total. The van der Waals surface area contributed by atoms with Crippen molar-refractivity contribution in [3.8, 4) is 0 Å². The molecule has 1 amide bonds. The molecule has 0 aliphatic heterocycles. The molecule has 1 aromatic rings. The van der Waals surface area contributed by atoms with Crippen LogP contribution in [0.5, 0.6) is 0 Å². The van der Waals surface area contributed by atoms with Crippen molar-refractivity contribution < 1.29 is 4.79 Å². The Balaban J connectivity index is 3.08. The number of aromatic nitrogens is 1. The SMILES string of the molecule is CCC(C)CN(CC)c1ncc(N)cc1C(N)=O. The van der Waals surface area contributed by atoms with Gasteiger partial charge in [0.05, 0.1) is 17.4 Å². The first-order chi connectivity index (χ1) is 8.49. The van der Waals surface area contributed by atoms with Crippen LogP contribution in [-0.2, 0) is 0 Å². The Labute approximate surface area is 108 Å². The van der Waals surface area contributed by atoms with E-state index in [1.807, 2.05) is 6.92 Å². The topological polar surface area (TPSA) is 85.2 Å². The number of carbonyl (C=O) groups excluding carboxylic acids is 1. The molecule has 100 valence electrons. The number of carbonyl (C=O) groups is 1. The summed E-state index contributed by atoms with van der Waals surface area (Å²) in [4.78, 5) is 17.8. The fraction of sp³-hybridized carbons (Fsp3) is 0.538. The van der Waals surface area contributed by atoms with Crippen LogP contribution in [0.1, 0.15) is 37.6 Å². The zero-order valence-electron chi connectivity index (χ0n) is 11.3. The molecule has 0 radical (unpaired) electrons. The molecular weight excluding hydrogens is 228 g/mol. The van der Waals surface area contributed by atoms with Gasteiger partial charge in [0, 0.05) is 13.1 Å². The van der Waals surface area contributed by atoms with E-state index in [0.717, 1.165) is 19.5 Å². The molecule has 0 spiro atoms. The van der Waals surface area contributed by atoms with E-state index in [-0.39, 0.29) is 0 Å². The summed E-state index contributed by atoms with van der Waals surface area (Å²) in [6.45, 7) is 7.98. The van der Waals surface area contributed by atoms with Gasteiger partial charge in [-0.2, -0.15) is 0 Å². The molecular formula is C13H22N4O. The summed E-state index contributed by atoms with van der Waals surface area (Å²) < 4.78 is 0. The molecule has 18 heavy (non-hydrogen) atoms. The predicted octanol–water partition coefficient (Wildman–Crippen LogP) is 1.64. The highest BCUT2D eigenvalue weighted by Crippen LogP contribution is 2.21. The summed E-state index contributed by atoms with van der Waals surface area (Å²) >= 11 is 0. The van der Waals surface area contributed by atoms with Gasteiger partial charge in [0.1, 0.15) is 5.82 Å². The molecule has 1 rings (SSSR count). The summed E-state index contributed by atoms with van der Waals surface area (Å²) in [7, 11) is 0. The Hall–Kier alpha value is -1.78. The zero-order chi connectivity index (χ0) is 13.7. The Morgan fingerprint density at radius 2 is 2.17 bits per heavy atom. The molecule has 1 unspecified atom stereocenters. The lowest BCUT2D eigenvalue weighted by Gasteiger charge is -2.26. The Morgan fingerprint density at radius 1 is 1.50 bits per heavy atom. The second-order valence-electron chi connectivity index (χ2n) is 4.56. The molecule has 4 N–H and O–H groups in total. The van der Waals surface area contributed by atoms with Crippen LogP contribution in [0.2, 0.25) is 0 Å². The van der Waals surface area contributed by atoms with Crippen LogP contribution in [-0.4, -0.2) is 24.0 Å². The van der Waals surface area contributed by atoms with E-state index in [4.69, 9.17) is 11.5 Å². The fourth-order valence-corrected chi connectivity index (χ4v) is 1.78. The lowest BCUT2D eigenvalue weighted by Crippen LogP contribution is -2.31. The molecule has 0 bridgehead atoms. The van der Waals surface area contributed by atoms with Crippen LogP contribution in [0, 0.1) is 5.92 Å². The van der Waals surface area contributed by atoms with Gasteiger partial charge in [-0.05, 0) is 18.9 Å². The van der Waals surface area contributed by atoms with Crippen molar-refractivity contribution in [3.05, 3.63) is 17.8 Å². The van der Waals surface area contributed by atoms with Crippen LogP contribution in [0.3, 0.4) is 0 Å². The van der Waals surface area contributed by atoms with E-state index >= 15 is 0 Å². The van der Waals surface area contributed by atoms with Gasteiger partial charge in [-0.3, -0.25) is 4.79 Å². The first-order valence-corrected chi connectivity index (χ1v) is 6.29. The number of amides is 1. The number of nitrogens with zero attached hydrogens (tertiary/aromatic N) is 2. The normalized spacial score (nSPS) is 12.2. The number of rotatable bonds is 6. The molecule has 5 heteroatoms. The second kappa shape index (κ2) is 6.23. The maximum absolute atomic E-state index is 11.4. The fourth-order valence-electron chi connectivity index (χ4n) is 1.78. The number of anilines is 2. The zero-order valence-corrected chi connectivity index (χ0v) is 11.3. The molecule has 1 aromatic heterocycles. The van der Waals surface area contributed by atoms with Gasteiger partial charge in [-0.25, -0.2) is 4.98 Å². The monoisotopic (exact) mass is 250 g/mol. The Bertz CT molecular complexity index is 419. The predicted molar refractivity (Wildman–Crippen MR) is 74.5 cm³/mol. The molecule has 0 saturated heterocycles. The highest BCUT2D eigenvalue weighted by molar-refractivity contribution is 5.98. The van der Waals surface area contributed by atoms with Crippen LogP contribution < -0.4 is 16.4 Å². The molecule has 0 saturated carbocycles. The number of nitrogens with two attached hydrogens (primary N) is 2. The third-order valence-electron chi connectivity index (χ3n) is 3.06. The second-order valence-corrected chi connectivity index (χ2v) is 4.56. The largest absolute Gasteiger partial charge is 0.397 e. The van der Waals surface area contributed by atoms with Crippen molar-refractivity contribution in [2.24, 2.45) is 11.7 Å². The van der Waals surface area contributed by atoms with E-state index in [1.54, 1.807) is 12.3 Å². The summed E-state index contributed by atoms with van der Waals surface area (Å²) in [5, 5.41) is 0. The molecule has 0 aliphatic carbocycles. The van der Waals surface area contributed by atoms with Crippen LogP contribution >= 0.6 is 0 Å². The van der Waals surface area contributed by atoms with E-state index in [9.17, 15) is 4.79 Å². The number of hydrogen-bond donors (Lipinski definition) is 2. The van der Waals surface area contributed by atoms with Gasteiger partial charge < -0.3 is 16.4 Å². The van der Waals surface area contributed by atoms with Gasteiger partial charge in [-0.15, -0.1) is 0 Å². The van der Waals surface area contributed by atoms with Crippen molar-refractivity contribution in [1.82, 2.24) is 4.98 Å². The van der Waals surface area contributed by atoms with E-state index < -0.39 is 5.91 Å². The number of primary amides is 1. The van der Waals surface area contributed by atoms with Crippen LogP contribution in [0.4, 0.5) is 11.5 Å². The number of pyridine rings is 1. The van der Waals surface area contributed by atoms with Crippen molar-refractivity contribution in [2.45, 2.75) is 27.2 Å². The van der Waals surface area contributed by atoms with Crippen molar-refractivity contribution in [3.63, 3.8) is 0 Å². The van der Waals surface area contributed by atoms with Gasteiger partial charge >= 0.3 is 0 Å². The molecule has 0 fully saturated rings. The standard InChI is InChI=1S/C13H22N4O/c1-4-9(3)8-17(5-2)13-11(12(15)18)6-10(14)7-16-13/h6-7,9H,4-5,8,14H2,1-3H3,(H2,15,18). The smallest absolute Gasteiger partial charge is 0.252 e. The average Bonchev–Trinajstić information content (AvgIpc) is 2.35. The van der Waals surface area contributed by atoms with Crippen LogP contribution in [0.25, 0.3) is 0 Å². The summed E-state index contributed by atoms with van der Waals surface area (Å²) in [5.41, 5.74) is 11.9. The molecule has 1 heterocycles. The van der Waals surface area contributed by atoms with Gasteiger partial charge in [0.15, 0.2) is 0 Å². The molecule has 1 atom stereocenters. The van der Waals surface area contributed by atoms with Gasteiger partial charge in [0.2, 0.25) is 0 Å². The van der Waals surface area contributed by atoms with Crippen molar-refractivity contribution in [2.75, 3.05) is 23.7 Å². The number of nitrogen functional groups attached to an aromatic ring is 1. The minimum atomic E-state index is -0.493. The van der Waals surface area contributed by atoms with Gasteiger partial charge in [0.25, 0.3) is 5.91 Å². The van der Waals surface area contributed by atoms with Crippen molar-refractivity contribution in [1.29, 1.82) is 0 Å². The minimum absolute atomic E-state index is 0.389. The summed E-state index contributed by atoms with van der Waals surface area (Å²) in [5.74, 6) is 0.664. The lowest BCUT2D eigenvalue weighted by atomic mass is 10.1. The molecule has 0 aromatic carbocycles. The molecule has 0 aliphatic rings. The van der Waals surface area contributed by atoms with Crippen LogP contribution in [0.15, 0.2) is 12.3 Å². The third kappa shape index (κ3) is 3.35. The average molecular weight is 250 g/mol. The third-order valence-corrected chi connectivity index (χ3v) is 3.06. The lowest BCUT2D eigenvalue weighted by molar-refractivity contribution is 0.100. The first kappa shape index (κ1) is 14.3. The minimum Gasteiger partial charge on any atom is -0.397 e. The quantitative estimate of drug-likeness (QED) is 0.803. The van der Waals surface area contributed by atoms with E-state index in [2.05, 4.69) is 23.7 Å². The Kier molecular flexibility index (Phi) is 4.95. The van der Waals surface area contributed by atoms with Gasteiger partial charge in [-0.1, -0.05) is 20.3 Å². The van der Waals surface area contributed by atoms with E-state index in [0.29, 0.717) is 23.0 Å². The highest BCUT2D eigenvalue weighted by atomic mass is 16.1.